The Bertz CT molecular complexity index is 399. The molecule has 1 heterocycles. The van der Waals surface area contributed by atoms with Gasteiger partial charge in [-0.1, -0.05) is 6.07 Å². The van der Waals surface area contributed by atoms with Crippen molar-refractivity contribution in [3.8, 4) is 0 Å². The van der Waals surface area contributed by atoms with E-state index in [-0.39, 0.29) is 6.03 Å². The van der Waals surface area contributed by atoms with Crippen LogP contribution in [0.4, 0.5) is 16.2 Å². The lowest BCUT2D eigenvalue weighted by molar-refractivity contribution is 0.216. The molecule has 92 valence electrons. The molecule has 0 radical (unpaired) electrons. The van der Waals surface area contributed by atoms with Crippen molar-refractivity contribution >= 4 is 17.4 Å². The predicted octanol–water partition coefficient (Wildman–Crippen LogP) is 2.31. The van der Waals surface area contributed by atoms with E-state index in [1.807, 2.05) is 36.1 Å². The molecule has 1 fully saturated rings. The van der Waals surface area contributed by atoms with Crippen molar-refractivity contribution in [3.63, 3.8) is 0 Å². The molecule has 1 aliphatic heterocycles. The summed E-state index contributed by atoms with van der Waals surface area (Å²) in [5.41, 5.74) is 7.32. The van der Waals surface area contributed by atoms with Crippen molar-refractivity contribution in [2.75, 3.05) is 30.3 Å². The number of amides is 2. The number of nitrogen functional groups attached to an aromatic ring is 1. The number of urea groups is 1. The molecule has 2 rings (SSSR count). The minimum absolute atomic E-state index is 0.0931. The molecule has 4 heteroatoms. The monoisotopic (exact) mass is 233 g/mol. The molecule has 17 heavy (non-hydrogen) atoms. The minimum Gasteiger partial charge on any atom is -0.399 e. The number of nitrogens with zero attached hydrogens (tertiary/aromatic N) is 2. The van der Waals surface area contributed by atoms with Gasteiger partial charge >= 0.3 is 6.03 Å². The topological polar surface area (TPSA) is 49.6 Å². The van der Waals surface area contributed by atoms with E-state index < -0.39 is 0 Å². The van der Waals surface area contributed by atoms with Crippen LogP contribution >= 0.6 is 0 Å². The molecular formula is C13H19N3O. The second-order valence-electron chi connectivity index (χ2n) is 4.32. The van der Waals surface area contributed by atoms with Crippen molar-refractivity contribution in [2.45, 2.75) is 19.8 Å². The number of carbonyl (C=O) groups is 1. The van der Waals surface area contributed by atoms with Crippen molar-refractivity contribution in [2.24, 2.45) is 0 Å². The van der Waals surface area contributed by atoms with Gasteiger partial charge in [-0.15, -0.1) is 0 Å². The summed E-state index contributed by atoms with van der Waals surface area (Å²) in [5.74, 6) is 0. The van der Waals surface area contributed by atoms with E-state index in [9.17, 15) is 4.79 Å². The third-order valence-corrected chi connectivity index (χ3v) is 3.11. The van der Waals surface area contributed by atoms with Crippen LogP contribution in [0.25, 0.3) is 0 Å². The van der Waals surface area contributed by atoms with Gasteiger partial charge in [0, 0.05) is 31.0 Å². The fourth-order valence-electron chi connectivity index (χ4n) is 2.20. The van der Waals surface area contributed by atoms with Crippen molar-refractivity contribution in [1.82, 2.24) is 4.90 Å². The largest absolute Gasteiger partial charge is 0.399 e. The summed E-state index contributed by atoms with van der Waals surface area (Å²) >= 11 is 0. The van der Waals surface area contributed by atoms with E-state index in [2.05, 4.69) is 0 Å². The Balaban J connectivity index is 2.17. The number of carbonyl (C=O) groups excluding carboxylic acids is 1. The first-order chi connectivity index (χ1) is 8.22. The number of hydrogen-bond donors (Lipinski definition) is 1. The van der Waals surface area contributed by atoms with Gasteiger partial charge in [0.05, 0.1) is 0 Å². The van der Waals surface area contributed by atoms with Crippen LogP contribution in [0.15, 0.2) is 24.3 Å². The summed E-state index contributed by atoms with van der Waals surface area (Å²) < 4.78 is 0. The van der Waals surface area contributed by atoms with Gasteiger partial charge in [-0.3, -0.25) is 4.90 Å². The molecule has 0 saturated carbocycles. The maximum absolute atomic E-state index is 12.3. The highest BCUT2D eigenvalue weighted by Gasteiger charge is 2.23. The Kier molecular flexibility index (Phi) is 3.52. The normalized spacial score (nSPS) is 15.0. The van der Waals surface area contributed by atoms with Crippen molar-refractivity contribution < 1.29 is 4.79 Å². The third-order valence-electron chi connectivity index (χ3n) is 3.11. The molecule has 0 aliphatic carbocycles. The van der Waals surface area contributed by atoms with E-state index in [1.165, 1.54) is 0 Å². The van der Waals surface area contributed by atoms with Gasteiger partial charge in [0.25, 0.3) is 0 Å². The van der Waals surface area contributed by atoms with Gasteiger partial charge in [-0.25, -0.2) is 4.79 Å². The molecule has 0 bridgehead atoms. The number of rotatable bonds is 2. The summed E-state index contributed by atoms with van der Waals surface area (Å²) in [6.07, 6.45) is 2.22. The van der Waals surface area contributed by atoms with Crippen LogP contribution in [-0.4, -0.2) is 30.6 Å². The second-order valence-corrected chi connectivity index (χ2v) is 4.32. The molecule has 2 N–H and O–H groups in total. The van der Waals surface area contributed by atoms with E-state index in [4.69, 9.17) is 5.73 Å². The standard InChI is InChI=1S/C13H19N3O/c1-2-16(12-7-5-6-11(14)10-12)13(17)15-8-3-4-9-15/h5-7,10H,2-4,8-9,14H2,1H3. The first-order valence-electron chi connectivity index (χ1n) is 6.14. The smallest absolute Gasteiger partial charge is 0.324 e. The van der Waals surface area contributed by atoms with Crippen molar-refractivity contribution in [1.29, 1.82) is 0 Å². The molecule has 0 atom stereocenters. The van der Waals surface area contributed by atoms with Gasteiger partial charge in [0.1, 0.15) is 0 Å². The van der Waals surface area contributed by atoms with Crippen LogP contribution in [0.3, 0.4) is 0 Å². The zero-order valence-electron chi connectivity index (χ0n) is 10.2. The Labute approximate surface area is 102 Å². The number of benzene rings is 1. The summed E-state index contributed by atoms with van der Waals surface area (Å²) in [7, 11) is 0. The molecule has 0 spiro atoms. The zero-order chi connectivity index (χ0) is 12.3. The maximum atomic E-state index is 12.3. The van der Waals surface area contributed by atoms with Crippen LogP contribution in [-0.2, 0) is 0 Å². The fourth-order valence-corrected chi connectivity index (χ4v) is 2.20. The van der Waals surface area contributed by atoms with Gasteiger partial charge in [0.15, 0.2) is 0 Å². The molecule has 1 aromatic carbocycles. The fraction of sp³-hybridized carbons (Fsp3) is 0.462. The van der Waals surface area contributed by atoms with E-state index in [0.29, 0.717) is 12.2 Å². The highest BCUT2D eigenvalue weighted by molar-refractivity contribution is 5.92. The van der Waals surface area contributed by atoms with Crippen LogP contribution in [0.1, 0.15) is 19.8 Å². The molecule has 1 aliphatic rings. The van der Waals surface area contributed by atoms with E-state index in [1.54, 1.807) is 4.90 Å². The predicted molar refractivity (Wildman–Crippen MR) is 70.1 cm³/mol. The lowest BCUT2D eigenvalue weighted by Gasteiger charge is -2.27. The zero-order valence-corrected chi connectivity index (χ0v) is 10.2. The van der Waals surface area contributed by atoms with Gasteiger partial charge in [-0.2, -0.15) is 0 Å². The summed E-state index contributed by atoms with van der Waals surface area (Å²) in [5, 5.41) is 0. The highest BCUT2D eigenvalue weighted by atomic mass is 16.2. The maximum Gasteiger partial charge on any atom is 0.324 e. The Morgan fingerprint density at radius 3 is 2.71 bits per heavy atom. The lowest BCUT2D eigenvalue weighted by Crippen LogP contribution is -2.41. The lowest BCUT2D eigenvalue weighted by atomic mass is 10.2. The number of nitrogens with two attached hydrogens (primary N) is 1. The van der Waals surface area contributed by atoms with Gasteiger partial charge in [0.2, 0.25) is 0 Å². The molecule has 0 unspecified atom stereocenters. The van der Waals surface area contributed by atoms with Gasteiger partial charge in [-0.05, 0) is 38.0 Å². The van der Waals surface area contributed by atoms with Crippen molar-refractivity contribution in [3.05, 3.63) is 24.3 Å². The average Bonchev–Trinajstić information content (AvgIpc) is 2.83. The van der Waals surface area contributed by atoms with E-state index >= 15 is 0 Å². The first kappa shape index (κ1) is 11.8. The SMILES string of the molecule is CCN(C(=O)N1CCCC1)c1cccc(N)c1. The average molecular weight is 233 g/mol. The molecule has 2 amide bonds. The van der Waals surface area contributed by atoms with E-state index in [0.717, 1.165) is 31.6 Å². The molecule has 0 aromatic heterocycles. The summed E-state index contributed by atoms with van der Waals surface area (Å²) in [4.78, 5) is 16.0. The summed E-state index contributed by atoms with van der Waals surface area (Å²) in [6, 6.07) is 7.57. The van der Waals surface area contributed by atoms with Gasteiger partial charge < -0.3 is 10.6 Å². The molecule has 1 aromatic rings. The molecular weight excluding hydrogens is 214 g/mol. The molecule has 4 nitrogen and oxygen atoms in total. The molecule has 1 saturated heterocycles. The quantitative estimate of drug-likeness (QED) is 0.797. The third kappa shape index (κ3) is 2.52. The van der Waals surface area contributed by atoms with Crippen LogP contribution in [0.2, 0.25) is 0 Å². The number of anilines is 2. The second kappa shape index (κ2) is 5.08. The Morgan fingerprint density at radius 2 is 2.12 bits per heavy atom. The van der Waals surface area contributed by atoms with Crippen LogP contribution in [0.5, 0.6) is 0 Å². The highest BCUT2D eigenvalue weighted by Crippen LogP contribution is 2.20. The minimum atomic E-state index is 0.0931. The number of likely N-dealkylation sites (tertiary alicyclic amines) is 1. The van der Waals surface area contributed by atoms with Crippen LogP contribution < -0.4 is 10.6 Å². The Morgan fingerprint density at radius 1 is 1.41 bits per heavy atom. The first-order valence-corrected chi connectivity index (χ1v) is 6.14. The summed E-state index contributed by atoms with van der Waals surface area (Å²) in [6.45, 7) is 4.39. The van der Waals surface area contributed by atoms with Crippen LogP contribution in [0, 0.1) is 0 Å². The number of hydrogen-bond acceptors (Lipinski definition) is 2. The Hall–Kier alpha value is -1.71.